The van der Waals surface area contributed by atoms with Crippen molar-refractivity contribution in [1.29, 1.82) is 0 Å². The maximum absolute atomic E-state index is 13.1. The molecule has 3 aromatic rings. The van der Waals surface area contributed by atoms with Gasteiger partial charge < -0.3 is 26.2 Å². The molecule has 4 rings (SSSR count). The summed E-state index contributed by atoms with van der Waals surface area (Å²) >= 11 is 6.51. The predicted molar refractivity (Wildman–Crippen MR) is 136 cm³/mol. The van der Waals surface area contributed by atoms with E-state index in [1.165, 1.54) is 23.5 Å². The molecule has 1 aliphatic heterocycles. The number of nitrogens with zero attached hydrogens (tertiary/aromatic N) is 6. The molecule has 0 spiro atoms. The topological polar surface area (TPSA) is 159 Å². The molecule has 0 aromatic carbocycles. The summed E-state index contributed by atoms with van der Waals surface area (Å²) in [5, 5.41) is 4.82. The number of piperazine rings is 1. The minimum atomic E-state index is -4.71. The number of urea groups is 1. The molecule has 0 aliphatic carbocycles. The van der Waals surface area contributed by atoms with Gasteiger partial charge in [-0.15, -0.1) is 11.3 Å². The molecule has 4 heterocycles. The highest BCUT2D eigenvalue weighted by molar-refractivity contribution is 7.13. The molecular formula is C22H21ClF3N9O3S. The Balaban J connectivity index is 1.38. The number of halogens is 4. The summed E-state index contributed by atoms with van der Waals surface area (Å²) in [5.41, 5.74) is 4.28. The van der Waals surface area contributed by atoms with Gasteiger partial charge in [0, 0.05) is 38.4 Å². The van der Waals surface area contributed by atoms with Crippen LogP contribution in [0.25, 0.3) is 0 Å². The highest BCUT2D eigenvalue weighted by Gasteiger charge is 2.34. The normalized spacial score (nSPS) is 14.6. The lowest BCUT2D eigenvalue weighted by Crippen LogP contribution is -2.50. The third-order valence-electron chi connectivity index (χ3n) is 5.67. The Morgan fingerprint density at radius 2 is 1.77 bits per heavy atom. The molecule has 39 heavy (non-hydrogen) atoms. The third-order valence-corrected chi connectivity index (χ3v) is 7.15. The zero-order valence-electron chi connectivity index (χ0n) is 20.2. The number of primary amides is 1. The number of nitrogens with one attached hydrogen (secondary N) is 2. The number of hydrogen-bond acceptors (Lipinski definition) is 9. The molecule has 0 radical (unpaired) electrons. The summed E-state index contributed by atoms with van der Waals surface area (Å²) in [4.78, 5) is 56.3. The Kier molecular flexibility index (Phi) is 8.15. The Morgan fingerprint density at radius 1 is 1.05 bits per heavy atom. The SMILES string of the molecule is CC(NC(=O)c1cc(N2CCN(C(N)=O)CC2)ncn1)c1ncc(C(=O)Nc2cc(C(F)(F)F)c(Cl)cn2)s1. The van der Waals surface area contributed by atoms with Crippen LogP contribution in [0.1, 0.15) is 43.7 Å². The minimum Gasteiger partial charge on any atom is -0.353 e. The van der Waals surface area contributed by atoms with Gasteiger partial charge in [-0.2, -0.15) is 13.2 Å². The average Bonchev–Trinajstić information content (AvgIpc) is 3.40. The van der Waals surface area contributed by atoms with E-state index < -0.39 is 40.6 Å². The maximum atomic E-state index is 13.1. The standard InChI is InChI=1S/C22H21ClF3N9O3S/c1-11(32-18(36)14-7-17(31-10-30-14)34-2-4-35(5-3-34)21(27)38)20-29-9-15(39-20)19(37)33-16-6-12(22(24,25)26)13(23)8-28-16/h6-11H,2-5H2,1H3,(H2,27,38)(H,32,36)(H,28,33,37). The molecule has 1 unspecified atom stereocenters. The van der Waals surface area contributed by atoms with E-state index in [-0.39, 0.29) is 16.4 Å². The lowest BCUT2D eigenvalue weighted by atomic mass is 10.2. The van der Waals surface area contributed by atoms with E-state index in [9.17, 15) is 27.6 Å². The first-order valence-electron chi connectivity index (χ1n) is 11.3. The van der Waals surface area contributed by atoms with Crippen molar-refractivity contribution in [3.05, 3.63) is 57.0 Å². The summed E-state index contributed by atoms with van der Waals surface area (Å²) in [7, 11) is 0. The molecule has 1 saturated heterocycles. The Labute approximate surface area is 228 Å². The van der Waals surface area contributed by atoms with E-state index in [4.69, 9.17) is 17.3 Å². The zero-order chi connectivity index (χ0) is 28.3. The van der Waals surface area contributed by atoms with Crippen LogP contribution in [0.3, 0.4) is 0 Å². The number of carbonyl (C=O) groups excluding carboxylic acids is 3. The number of pyridine rings is 1. The van der Waals surface area contributed by atoms with Gasteiger partial charge in [0.05, 0.1) is 22.8 Å². The van der Waals surface area contributed by atoms with Crippen molar-refractivity contribution in [3.8, 4) is 0 Å². The molecule has 1 atom stereocenters. The number of alkyl halides is 3. The van der Waals surface area contributed by atoms with E-state index in [2.05, 4.69) is 30.6 Å². The summed E-state index contributed by atoms with van der Waals surface area (Å²) in [6, 6.07) is 1.05. The predicted octanol–water partition coefficient (Wildman–Crippen LogP) is 2.94. The largest absolute Gasteiger partial charge is 0.418 e. The van der Waals surface area contributed by atoms with Crippen LogP contribution in [0.2, 0.25) is 5.02 Å². The fourth-order valence-corrected chi connectivity index (χ4v) is 4.65. The first kappa shape index (κ1) is 28.0. The monoisotopic (exact) mass is 583 g/mol. The molecule has 0 bridgehead atoms. The third kappa shape index (κ3) is 6.69. The number of rotatable bonds is 6. The summed E-state index contributed by atoms with van der Waals surface area (Å²) in [6.45, 7) is 3.49. The number of amides is 4. The second kappa shape index (κ2) is 11.4. The van der Waals surface area contributed by atoms with Crippen molar-refractivity contribution >= 4 is 52.4 Å². The van der Waals surface area contributed by atoms with Gasteiger partial charge in [-0.1, -0.05) is 11.6 Å². The highest BCUT2D eigenvalue weighted by Crippen LogP contribution is 2.35. The molecule has 4 amide bonds. The molecule has 12 nitrogen and oxygen atoms in total. The number of thiazole rings is 1. The lowest BCUT2D eigenvalue weighted by Gasteiger charge is -2.34. The highest BCUT2D eigenvalue weighted by atomic mass is 35.5. The van der Waals surface area contributed by atoms with Crippen LogP contribution < -0.4 is 21.3 Å². The van der Waals surface area contributed by atoms with E-state index in [1.54, 1.807) is 6.92 Å². The van der Waals surface area contributed by atoms with Crippen LogP contribution in [-0.2, 0) is 6.18 Å². The van der Waals surface area contributed by atoms with Crippen LogP contribution in [0.5, 0.6) is 0 Å². The molecule has 17 heteroatoms. The lowest BCUT2D eigenvalue weighted by molar-refractivity contribution is -0.137. The molecule has 4 N–H and O–H groups in total. The number of aromatic nitrogens is 4. The van der Waals surface area contributed by atoms with Gasteiger partial charge in [0.1, 0.15) is 33.5 Å². The van der Waals surface area contributed by atoms with Crippen LogP contribution >= 0.6 is 22.9 Å². The summed E-state index contributed by atoms with van der Waals surface area (Å²) in [5.74, 6) is -1.04. The fourth-order valence-electron chi connectivity index (χ4n) is 3.63. The minimum absolute atomic E-state index is 0.0934. The molecule has 1 fully saturated rings. The Morgan fingerprint density at radius 3 is 2.44 bits per heavy atom. The van der Waals surface area contributed by atoms with Crippen molar-refractivity contribution in [3.63, 3.8) is 0 Å². The van der Waals surface area contributed by atoms with Crippen molar-refractivity contribution in [1.82, 2.24) is 30.2 Å². The second-order valence-electron chi connectivity index (χ2n) is 8.33. The van der Waals surface area contributed by atoms with Gasteiger partial charge in [0.25, 0.3) is 11.8 Å². The second-order valence-corrected chi connectivity index (χ2v) is 9.80. The number of anilines is 2. The van der Waals surface area contributed by atoms with Gasteiger partial charge in [-0.05, 0) is 13.0 Å². The molecular weight excluding hydrogens is 563 g/mol. The van der Waals surface area contributed by atoms with E-state index in [1.807, 2.05) is 4.90 Å². The van der Waals surface area contributed by atoms with E-state index in [0.29, 0.717) is 43.1 Å². The number of carbonyl (C=O) groups is 3. The molecule has 1 aliphatic rings. The molecule has 3 aromatic heterocycles. The van der Waals surface area contributed by atoms with Crippen LogP contribution in [-0.4, -0.2) is 68.9 Å². The van der Waals surface area contributed by atoms with Gasteiger partial charge in [-0.25, -0.2) is 24.7 Å². The van der Waals surface area contributed by atoms with Crippen molar-refractivity contribution in [2.24, 2.45) is 5.73 Å². The molecule has 206 valence electrons. The average molecular weight is 584 g/mol. The quantitative estimate of drug-likeness (QED) is 0.399. The van der Waals surface area contributed by atoms with Crippen molar-refractivity contribution in [2.75, 3.05) is 36.4 Å². The Hall–Kier alpha value is -4.05. The first-order valence-corrected chi connectivity index (χ1v) is 12.5. The smallest absolute Gasteiger partial charge is 0.353 e. The van der Waals surface area contributed by atoms with Crippen molar-refractivity contribution in [2.45, 2.75) is 19.1 Å². The zero-order valence-corrected chi connectivity index (χ0v) is 21.8. The van der Waals surface area contributed by atoms with Gasteiger partial charge >= 0.3 is 12.2 Å². The van der Waals surface area contributed by atoms with Crippen LogP contribution in [0.15, 0.2) is 30.9 Å². The van der Waals surface area contributed by atoms with Gasteiger partial charge in [0.15, 0.2) is 0 Å². The van der Waals surface area contributed by atoms with Crippen LogP contribution in [0.4, 0.5) is 29.6 Å². The van der Waals surface area contributed by atoms with Crippen molar-refractivity contribution < 1.29 is 27.6 Å². The maximum Gasteiger partial charge on any atom is 0.418 e. The fraction of sp³-hybridized carbons (Fsp3) is 0.318. The van der Waals surface area contributed by atoms with Gasteiger partial charge in [-0.3, -0.25) is 9.59 Å². The van der Waals surface area contributed by atoms with Crippen LogP contribution in [0, 0.1) is 0 Å². The molecule has 0 saturated carbocycles. The summed E-state index contributed by atoms with van der Waals surface area (Å²) in [6.07, 6.45) is -1.41. The van der Waals surface area contributed by atoms with E-state index in [0.717, 1.165) is 17.5 Å². The summed E-state index contributed by atoms with van der Waals surface area (Å²) < 4.78 is 39.2. The van der Waals surface area contributed by atoms with E-state index >= 15 is 0 Å². The van der Waals surface area contributed by atoms with Gasteiger partial charge in [0.2, 0.25) is 0 Å². The number of nitrogens with two attached hydrogens (primary N) is 1. The number of hydrogen-bond donors (Lipinski definition) is 3. The first-order chi connectivity index (χ1) is 18.4. The Bertz CT molecular complexity index is 1400.